The van der Waals surface area contributed by atoms with Crippen LogP contribution in [0.3, 0.4) is 0 Å². The van der Waals surface area contributed by atoms with Crippen molar-refractivity contribution in [3.63, 3.8) is 0 Å². The molecule has 0 spiro atoms. The third-order valence-corrected chi connectivity index (χ3v) is 5.06. The van der Waals surface area contributed by atoms with E-state index in [2.05, 4.69) is 0 Å². The fourth-order valence-electron chi connectivity index (χ4n) is 3.68. The molecule has 2 heterocycles. The lowest BCUT2D eigenvalue weighted by Gasteiger charge is -2.22. The second kappa shape index (κ2) is 7.74. The van der Waals surface area contributed by atoms with E-state index in [-0.39, 0.29) is 17.4 Å². The monoisotopic (exact) mass is 409 g/mol. The van der Waals surface area contributed by atoms with Crippen molar-refractivity contribution in [2.75, 3.05) is 20.3 Å². The zero-order valence-corrected chi connectivity index (χ0v) is 17.0. The van der Waals surface area contributed by atoms with Crippen LogP contribution in [0.4, 0.5) is 0 Å². The Morgan fingerprint density at radius 2 is 1.73 bits per heavy atom. The lowest BCUT2D eigenvalue weighted by atomic mass is 9.95. The largest absolute Gasteiger partial charge is 0.507 e. The molecule has 4 rings (SSSR count). The molecule has 30 heavy (non-hydrogen) atoms. The van der Waals surface area contributed by atoms with Crippen molar-refractivity contribution in [3.05, 3.63) is 59.2 Å². The van der Waals surface area contributed by atoms with E-state index in [4.69, 9.17) is 14.2 Å². The first-order chi connectivity index (χ1) is 14.4. The van der Waals surface area contributed by atoms with Crippen LogP contribution in [0.15, 0.2) is 48.0 Å². The van der Waals surface area contributed by atoms with Gasteiger partial charge in [0.05, 0.1) is 17.7 Å². The number of rotatable bonds is 4. The molecule has 0 aliphatic carbocycles. The number of likely N-dealkylation sites (N-methyl/N-ethyl adjacent to an activating group) is 1. The standard InChI is InChI=1S/C23H23NO6/c1-13(2)30-16-7-4-14(5-8-16)20-19(22(26)23(27)24(20)3)21(25)15-6-9-17-18(12-15)29-11-10-28-17/h4-9,12-13,20,25H,10-11H2,1-3H3/b21-19+. The maximum atomic E-state index is 12.7. The Hall–Kier alpha value is -3.48. The van der Waals surface area contributed by atoms with E-state index >= 15 is 0 Å². The van der Waals surface area contributed by atoms with Crippen LogP contribution >= 0.6 is 0 Å². The van der Waals surface area contributed by atoms with Crippen LogP contribution in [0, 0.1) is 0 Å². The normalized spacial score (nSPS) is 20.0. The van der Waals surface area contributed by atoms with Gasteiger partial charge in [0.2, 0.25) is 0 Å². The Balaban J connectivity index is 1.75. The van der Waals surface area contributed by atoms with Crippen molar-refractivity contribution in [1.29, 1.82) is 0 Å². The highest BCUT2D eigenvalue weighted by molar-refractivity contribution is 6.46. The van der Waals surface area contributed by atoms with Gasteiger partial charge >= 0.3 is 0 Å². The fraction of sp³-hybridized carbons (Fsp3) is 0.304. The van der Waals surface area contributed by atoms with Crippen molar-refractivity contribution in [1.82, 2.24) is 4.90 Å². The Morgan fingerprint density at radius 1 is 1.07 bits per heavy atom. The summed E-state index contributed by atoms with van der Waals surface area (Å²) in [7, 11) is 1.55. The smallest absolute Gasteiger partial charge is 0.295 e. The molecule has 2 aromatic rings. The number of fused-ring (bicyclic) bond motifs is 1. The maximum absolute atomic E-state index is 12.7. The molecule has 2 aliphatic rings. The molecule has 0 saturated carbocycles. The highest BCUT2D eigenvalue weighted by atomic mass is 16.6. The molecule has 1 unspecified atom stereocenters. The van der Waals surface area contributed by atoms with Gasteiger partial charge in [0.15, 0.2) is 11.5 Å². The molecule has 156 valence electrons. The van der Waals surface area contributed by atoms with Crippen LogP contribution in [-0.2, 0) is 9.59 Å². The van der Waals surface area contributed by atoms with Crippen molar-refractivity contribution in [2.45, 2.75) is 26.0 Å². The average Bonchev–Trinajstić information content (AvgIpc) is 2.97. The Bertz CT molecular complexity index is 1020. The zero-order valence-electron chi connectivity index (χ0n) is 17.0. The Kier molecular flexibility index (Phi) is 5.11. The number of hydrogen-bond acceptors (Lipinski definition) is 6. The molecule has 0 bridgehead atoms. The summed E-state index contributed by atoms with van der Waals surface area (Å²) in [6.07, 6.45) is 0.0304. The summed E-state index contributed by atoms with van der Waals surface area (Å²) < 4.78 is 16.7. The van der Waals surface area contributed by atoms with Crippen LogP contribution in [0.25, 0.3) is 5.76 Å². The number of ether oxygens (including phenoxy) is 3. The van der Waals surface area contributed by atoms with Gasteiger partial charge in [-0.25, -0.2) is 0 Å². The summed E-state index contributed by atoms with van der Waals surface area (Å²) in [6.45, 7) is 4.72. The minimum atomic E-state index is -0.725. The molecule has 1 saturated heterocycles. The molecular formula is C23H23NO6. The quantitative estimate of drug-likeness (QED) is 0.474. The van der Waals surface area contributed by atoms with Crippen molar-refractivity contribution in [3.8, 4) is 17.2 Å². The van der Waals surface area contributed by atoms with Gasteiger partial charge in [0.1, 0.15) is 24.7 Å². The van der Waals surface area contributed by atoms with Gasteiger partial charge in [-0.2, -0.15) is 0 Å². The van der Waals surface area contributed by atoms with Gasteiger partial charge in [0, 0.05) is 12.6 Å². The van der Waals surface area contributed by atoms with Gasteiger partial charge in [-0.3, -0.25) is 9.59 Å². The molecule has 1 fully saturated rings. The van der Waals surface area contributed by atoms with E-state index < -0.39 is 17.7 Å². The minimum Gasteiger partial charge on any atom is -0.507 e. The number of aliphatic hydroxyl groups excluding tert-OH is 1. The molecule has 2 aromatic carbocycles. The number of aliphatic hydroxyl groups is 1. The third kappa shape index (κ3) is 3.47. The van der Waals surface area contributed by atoms with E-state index in [0.717, 1.165) is 0 Å². The summed E-state index contributed by atoms with van der Waals surface area (Å²) in [5.74, 6) is 0.114. The molecular weight excluding hydrogens is 386 g/mol. The van der Waals surface area contributed by atoms with E-state index in [1.54, 1.807) is 49.5 Å². The molecule has 7 heteroatoms. The summed E-state index contributed by atoms with van der Waals surface area (Å²) in [5, 5.41) is 11.0. The molecule has 2 aliphatic heterocycles. The van der Waals surface area contributed by atoms with Crippen LogP contribution in [0.2, 0.25) is 0 Å². The summed E-state index contributed by atoms with van der Waals surface area (Å²) in [4.78, 5) is 26.5. The number of carbonyl (C=O) groups excluding carboxylic acids is 2. The van der Waals surface area contributed by atoms with Crippen LogP contribution in [0.5, 0.6) is 17.2 Å². The number of hydrogen-bond donors (Lipinski definition) is 1. The molecule has 0 radical (unpaired) electrons. The lowest BCUT2D eigenvalue weighted by molar-refractivity contribution is -0.139. The predicted octanol–water partition coefficient (Wildman–Crippen LogP) is 3.30. The van der Waals surface area contributed by atoms with Crippen molar-refractivity contribution >= 4 is 17.4 Å². The van der Waals surface area contributed by atoms with Crippen LogP contribution in [0.1, 0.15) is 31.0 Å². The molecule has 0 aromatic heterocycles. The number of Topliss-reactive ketones (excluding diaryl/α,β-unsaturated/α-hetero) is 1. The number of carbonyl (C=O) groups is 2. The topological polar surface area (TPSA) is 85.3 Å². The summed E-state index contributed by atoms with van der Waals surface area (Å²) >= 11 is 0. The summed E-state index contributed by atoms with van der Waals surface area (Å²) in [5.41, 5.74) is 1.12. The fourth-order valence-corrected chi connectivity index (χ4v) is 3.68. The number of nitrogens with zero attached hydrogens (tertiary/aromatic N) is 1. The molecule has 1 atom stereocenters. The van der Waals surface area contributed by atoms with E-state index in [1.807, 2.05) is 13.8 Å². The Morgan fingerprint density at radius 3 is 2.40 bits per heavy atom. The van der Waals surface area contributed by atoms with E-state index in [0.29, 0.717) is 41.6 Å². The third-order valence-electron chi connectivity index (χ3n) is 5.06. The predicted molar refractivity (Wildman–Crippen MR) is 110 cm³/mol. The van der Waals surface area contributed by atoms with Crippen LogP contribution < -0.4 is 14.2 Å². The average molecular weight is 409 g/mol. The maximum Gasteiger partial charge on any atom is 0.295 e. The van der Waals surface area contributed by atoms with Gasteiger partial charge in [-0.1, -0.05) is 12.1 Å². The first-order valence-electron chi connectivity index (χ1n) is 9.78. The summed E-state index contributed by atoms with van der Waals surface area (Å²) in [6, 6.07) is 11.4. The highest BCUT2D eigenvalue weighted by Crippen LogP contribution is 2.40. The van der Waals surface area contributed by atoms with E-state index in [1.165, 1.54) is 4.90 Å². The van der Waals surface area contributed by atoms with Gasteiger partial charge in [-0.05, 0) is 49.7 Å². The molecule has 7 nitrogen and oxygen atoms in total. The SMILES string of the molecule is CC(C)Oc1ccc(C2/C(=C(\O)c3ccc4c(c3)OCCO4)C(=O)C(=O)N2C)cc1. The van der Waals surface area contributed by atoms with Crippen molar-refractivity contribution < 1.29 is 28.9 Å². The van der Waals surface area contributed by atoms with Crippen LogP contribution in [-0.4, -0.2) is 48.1 Å². The number of benzene rings is 2. The second-order valence-electron chi connectivity index (χ2n) is 7.50. The van der Waals surface area contributed by atoms with E-state index in [9.17, 15) is 14.7 Å². The van der Waals surface area contributed by atoms with Crippen molar-refractivity contribution in [2.24, 2.45) is 0 Å². The lowest BCUT2D eigenvalue weighted by Crippen LogP contribution is -2.24. The first kappa shape index (κ1) is 19.8. The van der Waals surface area contributed by atoms with Gasteiger partial charge in [0.25, 0.3) is 11.7 Å². The highest BCUT2D eigenvalue weighted by Gasteiger charge is 2.44. The number of ketones is 1. The number of likely N-dealkylation sites (tertiary alicyclic amines) is 1. The number of amides is 1. The Labute approximate surface area is 174 Å². The second-order valence-corrected chi connectivity index (χ2v) is 7.50. The molecule has 1 N–H and O–H groups in total. The van der Waals surface area contributed by atoms with Gasteiger partial charge < -0.3 is 24.2 Å². The first-order valence-corrected chi connectivity index (χ1v) is 9.78. The molecule has 1 amide bonds. The zero-order chi connectivity index (χ0) is 21.4. The minimum absolute atomic E-state index is 0.0304. The van der Waals surface area contributed by atoms with Gasteiger partial charge in [-0.15, -0.1) is 0 Å².